The van der Waals surface area contributed by atoms with Gasteiger partial charge in [-0.25, -0.2) is 19.3 Å². The van der Waals surface area contributed by atoms with Gasteiger partial charge in [0.2, 0.25) is 5.88 Å². The summed E-state index contributed by atoms with van der Waals surface area (Å²) in [6.45, 7) is 5.59. The summed E-state index contributed by atoms with van der Waals surface area (Å²) in [7, 11) is 1.62. The van der Waals surface area contributed by atoms with Crippen LogP contribution in [0, 0.1) is 5.82 Å². The van der Waals surface area contributed by atoms with Crippen LogP contribution in [0.15, 0.2) is 42.9 Å². The van der Waals surface area contributed by atoms with Crippen molar-refractivity contribution in [3.8, 4) is 5.88 Å². The van der Waals surface area contributed by atoms with E-state index in [1.807, 2.05) is 18.3 Å². The first kappa shape index (κ1) is 17.6. The number of aromatic nitrogens is 3. The van der Waals surface area contributed by atoms with E-state index in [0.717, 1.165) is 48.5 Å². The van der Waals surface area contributed by atoms with Crippen molar-refractivity contribution < 1.29 is 9.13 Å². The minimum atomic E-state index is -0.266. The molecule has 0 spiro atoms. The fraction of sp³-hybridized carbons (Fsp3) is 0.350. The number of hydrogen-bond donors (Lipinski definition) is 0. The number of halogens is 1. The third-order valence-corrected chi connectivity index (χ3v) is 5.03. The maximum atomic E-state index is 13.7. The molecule has 0 aliphatic carbocycles. The number of fused-ring (bicyclic) bond motifs is 1. The zero-order chi connectivity index (χ0) is 18.8. The smallest absolute Gasteiger partial charge is 0.212 e. The number of nitrogens with zero attached hydrogens (tertiary/aromatic N) is 5. The molecule has 3 heterocycles. The number of hydrogen-bond acceptors (Lipinski definition) is 6. The summed E-state index contributed by atoms with van der Waals surface area (Å²) in [5.74, 6) is 1.16. The van der Waals surface area contributed by atoms with Crippen LogP contribution in [0.4, 0.5) is 10.2 Å². The zero-order valence-corrected chi connectivity index (χ0v) is 15.5. The first-order valence-corrected chi connectivity index (χ1v) is 9.02. The lowest BCUT2D eigenvalue weighted by atomic mass is 10.1. The van der Waals surface area contributed by atoms with Crippen LogP contribution >= 0.6 is 0 Å². The predicted octanol–water partition coefficient (Wildman–Crippen LogP) is 2.88. The third kappa shape index (κ3) is 3.68. The number of ether oxygens (including phenoxy) is 1. The molecule has 0 radical (unpaired) electrons. The average Bonchev–Trinajstić information content (AvgIpc) is 2.69. The summed E-state index contributed by atoms with van der Waals surface area (Å²) >= 11 is 0. The van der Waals surface area contributed by atoms with E-state index in [1.165, 1.54) is 12.1 Å². The van der Waals surface area contributed by atoms with Crippen molar-refractivity contribution in [2.75, 3.05) is 31.6 Å². The lowest BCUT2D eigenvalue weighted by molar-refractivity contribution is 0.180. The molecule has 6 nitrogen and oxygen atoms in total. The van der Waals surface area contributed by atoms with Crippen molar-refractivity contribution in [3.63, 3.8) is 0 Å². The minimum absolute atomic E-state index is 0.266. The van der Waals surface area contributed by atoms with Crippen LogP contribution in [0.25, 0.3) is 10.9 Å². The van der Waals surface area contributed by atoms with Crippen molar-refractivity contribution >= 4 is 16.7 Å². The van der Waals surface area contributed by atoms with Crippen LogP contribution in [-0.4, -0.2) is 52.6 Å². The first-order valence-electron chi connectivity index (χ1n) is 9.02. The van der Waals surface area contributed by atoms with Crippen LogP contribution in [0.3, 0.4) is 0 Å². The van der Waals surface area contributed by atoms with Crippen molar-refractivity contribution in [1.82, 2.24) is 19.9 Å². The summed E-state index contributed by atoms with van der Waals surface area (Å²) in [4.78, 5) is 17.6. The van der Waals surface area contributed by atoms with Gasteiger partial charge in [0.15, 0.2) is 0 Å². The number of benzene rings is 1. The maximum Gasteiger partial charge on any atom is 0.212 e. The molecule has 0 amide bonds. The zero-order valence-electron chi connectivity index (χ0n) is 15.5. The van der Waals surface area contributed by atoms with Gasteiger partial charge in [-0.2, -0.15) is 0 Å². The van der Waals surface area contributed by atoms with E-state index >= 15 is 0 Å². The van der Waals surface area contributed by atoms with Gasteiger partial charge in [0.05, 0.1) is 12.6 Å². The standard InChI is InChI=1S/C20H22FN5O/c1-14-11-26(20-17-9-16(21)4-5-18(17)23-13-24-20)8-7-25(14)12-15-3-6-19(27-2)22-10-15/h3-6,9-10,13-14H,7-8,11-12H2,1-2H3. The van der Waals surface area contributed by atoms with E-state index < -0.39 is 0 Å². The van der Waals surface area contributed by atoms with Gasteiger partial charge in [0, 0.05) is 49.9 Å². The molecule has 1 fully saturated rings. The fourth-order valence-corrected chi connectivity index (χ4v) is 3.55. The summed E-state index contributed by atoms with van der Waals surface area (Å²) < 4.78 is 18.8. The Morgan fingerprint density at radius 1 is 1.15 bits per heavy atom. The SMILES string of the molecule is COc1ccc(CN2CCN(c3ncnc4ccc(F)cc34)CC2C)cn1. The molecule has 0 bridgehead atoms. The van der Waals surface area contributed by atoms with Crippen LogP contribution in [0.5, 0.6) is 5.88 Å². The molecule has 1 aliphatic rings. The second-order valence-corrected chi connectivity index (χ2v) is 6.83. The van der Waals surface area contributed by atoms with Gasteiger partial charge in [-0.3, -0.25) is 4.90 Å². The lowest BCUT2D eigenvalue weighted by Gasteiger charge is -2.40. The molecule has 1 unspecified atom stereocenters. The van der Waals surface area contributed by atoms with Crippen LogP contribution in [0.2, 0.25) is 0 Å². The fourth-order valence-electron chi connectivity index (χ4n) is 3.55. The van der Waals surface area contributed by atoms with Crippen LogP contribution in [0.1, 0.15) is 12.5 Å². The van der Waals surface area contributed by atoms with E-state index in [1.54, 1.807) is 19.5 Å². The first-order chi connectivity index (χ1) is 13.1. The molecule has 3 aromatic rings. The van der Waals surface area contributed by atoms with E-state index in [4.69, 9.17) is 4.74 Å². The molecule has 4 rings (SSSR count). The Labute approximate surface area is 157 Å². The molecule has 2 aromatic heterocycles. The van der Waals surface area contributed by atoms with Crippen LogP contribution < -0.4 is 9.64 Å². The van der Waals surface area contributed by atoms with Gasteiger partial charge < -0.3 is 9.64 Å². The second-order valence-electron chi connectivity index (χ2n) is 6.83. The van der Waals surface area contributed by atoms with Gasteiger partial charge >= 0.3 is 0 Å². The van der Waals surface area contributed by atoms with Gasteiger partial charge in [0.25, 0.3) is 0 Å². The molecule has 0 N–H and O–H groups in total. The molecule has 140 valence electrons. The molecule has 0 saturated carbocycles. The van der Waals surface area contributed by atoms with Gasteiger partial charge in [-0.15, -0.1) is 0 Å². The third-order valence-electron chi connectivity index (χ3n) is 5.03. The topological polar surface area (TPSA) is 54.4 Å². The quantitative estimate of drug-likeness (QED) is 0.707. The average molecular weight is 367 g/mol. The monoisotopic (exact) mass is 367 g/mol. The van der Waals surface area contributed by atoms with Gasteiger partial charge in [-0.1, -0.05) is 6.07 Å². The minimum Gasteiger partial charge on any atom is -0.481 e. The number of piperazine rings is 1. The normalized spacial score (nSPS) is 18.0. The van der Waals surface area contributed by atoms with E-state index in [0.29, 0.717) is 11.9 Å². The highest BCUT2D eigenvalue weighted by Gasteiger charge is 2.25. The Morgan fingerprint density at radius 2 is 2.04 bits per heavy atom. The van der Waals surface area contributed by atoms with E-state index in [-0.39, 0.29) is 5.82 Å². The van der Waals surface area contributed by atoms with Crippen molar-refractivity contribution in [2.24, 2.45) is 0 Å². The van der Waals surface area contributed by atoms with Crippen molar-refractivity contribution in [1.29, 1.82) is 0 Å². The summed E-state index contributed by atoms with van der Waals surface area (Å²) in [5, 5.41) is 0.762. The molecular formula is C20H22FN5O. The molecule has 7 heteroatoms. The van der Waals surface area contributed by atoms with Crippen molar-refractivity contribution in [3.05, 3.63) is 54.2 Å². The Kier molecular flexibility index (Phi) is 4.85. The van der Waals surface area contributed by atoms with E-state index in [9.17, 15) is 4.39 Å². The number of anilines is 1. The lowest BCUT2D eigenvalue weighted by Crippen LogP contribution is -2.51. The molecule has 1 saturated heterocycles. The van der Waals surface area contributed by atoms with Crippen LogP contribution in [-0.2, 0) is 6.54 Å². The molecule has 27 heavy (non-hydrogen) atoms. The van der Waals surface area contributed by atoms with Crippen molar-refractivity contribution in [2.45, 2.75) is 19.5 Å². The van der Waals surface area contributed by atoms with Gasteiger partial charge in [-0.05, 0) is 30.7 Å². The summed E-state index contributed by atoms with van der Waals surface area (Å²) in [6.07, 6.45) is 3.41. The maximum absolute atomic E-state index is 13.7. The Balaban J connectivity index is 1.49. The van der Waals surface area contributed by atoms with Gasteiger partial charge in [0.1, 0.15) is 18.0 Å². The number of pyridine rings is 1. The highest BCUT2D eigenvalue weighted by molar-refractivity contribution is 5.89. The second kappa shape index (κ2) is 7.44. The summed E-state index contributed by atoms with van der Waals surface area (Å²) in [6, 6.07) is 8.92. The largest absolute Gasteiger partial charge is 0.481 e. The highest BCUT2D eigenvalue weighted by atomic mass is 19.1. The Hall–Kier alpha value is -2.80. The Morgan fingerprint density at radius 3 is 2.78 bits per heavy atom. The molecule has 1 aliphatic heterocycles. The molecular weight excluding hydrogens is 345 g/mol. The molecule has 1 atom stereocenters. The number of methoxy groups -OCH3 is 1. The Bertz CT molecular complexity index is 933. The molecule has 1 aromatic carbocycles. The van der Waals surface area contributed by atoms with E-state index in [2.05, 4.69) is 31.7 Å². The summed E-state index contributed by atoms with van der Waals surface area (Å²) in [5.41, 5.74) is 1.92. The highest BCUT2D eigenvalue weighted by Crippen LogP contribution is 2.26. The number of rotatable bonds is 4. The predicted molar refractivity (Wildman–Crippen MR) is 102 cm³/mol.